The lowest BCUT2D eigenvalue weighted by Gasteiger charge is -2.02. The Balaban J connectivity index is 1.82. The summed E-state index contributed by atoms with van der Waals surface area (Å²) in [5, 5.41) is 17.4. The molecular formula is C21H19N5O2. The molecular weight excluding hydrogens is 354 g/mol. The molecule has 7 nitrogen and oxygen atoms in total. The summed E-state index contributed by atoms with van der Waals surface area (Å²) in [6, 6.07) is 18.5. The first-order chi connectivity index (χ1) is 13.7. The minimum Gasteiger partial charge on any atom is -0.497 e. The maximum absolute atomic E-state index is 12.1. The van der Waals surface area contributed by atoms with Gasteiger partial charge in [0, 0.05) is 22.9 Å². The number of nitrogens with zero attached hydrogens (tertiary/aromatic N) is 4. The van der Waals surface area contributed by atoms with Gasteiger partial charge >= 0.3 is 0 Å². The van der Waals surface area contributed by atoms with Crippen LogP contribution < -0.4 is 10.2 Å². The fourth-order valence-electron chi connectivity index (χ4n) is 2.60. The number of hydrogen-bond donors (Lipinski definition) is 1. The minimum atomic E-state index is -0.292. The van der Waals surface area contributed by atoms with E-state index in [2.05, 4.69) is 21.7 Å². The van der Waals surface area contributed by atoms with Crippen molar-refractivity contribution < 1.29 is 9.53 Å². The van der Waals surface area contributed by atoms with Crippen LogP contribution in [0.15, 0.2) is 65.9 Å². The van der Waals surface area contributed by atoms with Crippen LogP contribution >= 0.6 is 0 Å². The standard InChI is InChI=1S/C21H19N5O2/c1-28-19-10-8-16(9-11-19)20-18(15-26(25-20)13-5-12-22)14-23-24-21(27)17-6-3-2-4-7-17/h2-4,6-11,14-15H,5,13H2,1H3,(H,24,27)/b23-14-. The van der Waals surface area contributed by atoms with Crippen LogP contribution in [0.3, 0.4) is 0 Å². The van der Waals surface area contributed by atoms with Crippen molar-refractivity contribution in [1.29, 1.82) is 5.26 Å². The van der Waals surface area contributed by atoms with Crippen molar-refractivity contribution in [3.63, 3.8) is 0 Å². The van der Waals surface area contributed by atoms with Gasteiger partial charge in [-0.05, 0) is 36.4 Å². The number of hydrogen-bond acceptors (Lipinski definition) is 5. The molecule has 0 unspecified atom stereocenters. The lowest BCUT2D eigenvalue weighted by atomic mass is 10.1. The number of carbonyl (C=O) groups is 1. The SMILES string of the molecule is COc1ccc(-c2nn(CCC#N)cc2/C=N\NC(=O)c2ccccc2)cc1. The Morgan fingerprint density at radius 3 is 2.68 bits per heavy atom. The topological polar surface area (TPSA) is 92.3 Å². The summed E-state index contributed by atoms with van der Waals surface area (Å²) in [5.41, 5.74) is 5.37. The molecule has 3 rings (SSSR count). The van der Waals surface area contributed by atoms with Gasteiger partial charge in [-0.3, -0.25) is 9.48 Å². The first-order valence-electron chi connectivity index (χ1n) is 8.68. The number of benzene rings is 2. The molecule has 0 fully saturated rings. The van der Waals surface area contributed by atoms with Gasteiger partial charge in [0.15, 0.2) is 0 Å². The van der Waals surface area contributed by atoms with Gasteiger partial charge < -0.3 is 4.74 Å². The maximum Gasteiger partial charge on any atom is 0.271 e. The highest BCUT2D eigenvalue weighted by molar-refractivity contribution is 5.95. The van der Waals surface area contributed by atoms with Crippen LogP contribution in [0.2, 0.25) is 0 Å². The molecule has 0 atom stereocenters. The third kappa shape index (κ3) is 4.62. The summed E-state index contributed by atoms with van der Waals surface area (Å²) >= 11 is 0. The van der Waals surface area contributed by atoms with Gasteiger partial charge in [-0.25, -0.2) is 5.43 Å². The Labute approximate surface area is 162 Å². The van der Waals surface area contributed by atoms with Crippen molar-refractivity contribution in [2.75, 3.05) is 7.11 Å². The van der Waals surface area contributed by atoms with Crippen molar-refractivity contribution in [3.05, 3.63) is 71.9 Å². The number of carbonyl (C=O) groups excluding carboxylic acids is 1. The van der Waals surface area contributed by atoms with Crippen LogP contribution in [0.25, 0.3) is 11.3 Å². The zero-order valence-corrected chi connectivity index (χ0v) is 15.4. The zero-order valence-electron chi connectivity index (χ0n) is 15.4. The predicted molar refractivity (Wildman–Crippen MR) is 106 cm³/mol. The highest BCUT2D eigenvalue weighted by Gasteiger charge is 2.11. The molecule has 0 radical (unpaired) electrons. The third-order valence-corrected chi connectivity index (χ3v) is 4.01. The summed E-state index contributed by atoms with van der Waals surface area (Å²) in [7, 11) is 1.61. The van der Waals surface area contributed by atoms with Crippen LogP contribution in [-0.2, 0) is 6.54 Å². The van der Waals surface area contributed by atoms with Gasteiger partial charge in [0.2, 0.25) is 0 Å². The highest BCUT2D eigenvalue weighted by Crippen LogP contribution is 2.23. The molecule has 0 aliphatic rings. The Kier molecular flexibility index (Phi) is 6.16. The van der Waals surface area contributed by atoms with Crippen LogP contribution in [0.5, 0.6) is 5.75 Å². The number of nitrogens with one attached hydrogen (secondary N) is 1. The summed E-state index contributed by atoms with van der Waals surface area (Å²) in [6.45, 7) is 0.476. The number of ether oxygens (including phenoxy) is 1. The van der Waals surface area contributed by atoms with Gasteiger partial charge in [-0.2, -0.15) is 15.5 Å². The maximum atomic E-state index is 12.1. The fourth-order valence-corrected chi connectivity index (χ4v) is 2.60. The molecule has 0 spiro atoms. The van der Waals surface area contributed by atoms with E-state index in [9.17, 15) is 4.79 Å². The number of amides is 1. The van der Waals surface area contributed by atoms with Crippen molar-refractivity contribution in [2.24, 2.45) is 5.10 Å². The average molecular weight is 373 g/mol. The van der Waals surface area contributed by atoms with Crippen molar-refractivity contribution in [2.45, 2.75) is 13.0 Å². The number of aromatic nitrogens is 2. The monoisotopic (exact) mass is 373 g/mol. The van der Waals surface area contributed by atoms with Gasteiger partial charge in [0.05, 0.1) is 32.4 Å². The molecule has 3 aromatic rings. The molecule has 0 aliphatic carbocycles. The molecule has 0 saturated carbocycles. The first-order valence-corrected chi connectivity index (χ1v) is 8.68. The molecule has 0 aliphatic heterocycles. The van der Waals surface area contributed by atoms with Gasteiger partial charge in [-0.1, -0.05) is 18.2 Å². The second-order valence-electron chi connectivity index (χ2n) is 5.90. The molecule has 28 heavy (non-hydrogen) atoms. The minimum absolute atomic E-state index is 0.292. The van der Waals surface area contributed by atoms with Crippen molar-refractivity contribution in [3.8, 4) is 23.1 Å². The Morgan fingerprint density at radius 2 is 2.00 bits per heavy atom. The summed E-state index contributed by atoms with van der Waals surface area (Å²) in [6.07, 6.45) is 3.70. The number of hydrazone groups is 1. The average Bonchev–Trinajstić information content (AvgIpc) is 3.15. The van der Waals surface area contributed by atoms with Gasteiger partial charge in [0.25, 0.3) is 5.91 Å². The van der Waals surface area contributed by atoms with Crippen LogP contribution in [0.1, 0.15) is 22.3 Å². The van der Waals surface area contributed by atoms with Gasteiger partial charge in [-0.15, -0.1) is 0 Å². The number of nitriles is 1. The number of rotatable bonds is 7. The van der Waals surface area contributed by atoms with E-state index in [-0.39, 0.29) is 5.91 Å². The van der Waals surface area contributed by atoms with E-state index in [1.54, 1.807) is 48.5 Å². The van der Waals surface area contributed by atoms with E-state index < -0.39 is 0 Å². The summed E-state index contributed by atoms with van der Waals surface area (Å²) < 4.78 is 6.89. The van der Waals surface area contributed by atoms with Crippen molar-refractivity contribution in [1.82, 2.24) is 15.2 Å². The molecule has 1 N–H and O–H groups in total. The molecule has 0 saturated heterocycles. The van der Waals surface area contributed by atoms with Crippen molar-refractivity contribution >= 4 is 12.1 Å². The summed E-state index contributed by atoms with van der Waals surface area (Å²) in [4.78, 5) is 12.1. The van der Waals surface area contributed by atoms with E-state index in [0.29, 0.717) is 24.2 Å². The molecule has 2 aromatic carbocycles. The normalized spacial score (nSPS) is 10.6. The lowest BCUT2D eigenvalue weighted by molar-refractivity contribution is 0.0955. The molecule has 7 heteroatoms. The quantitative estimate of drug-likeness (QED) is 0.508. The Hall–Kier alpha value is -3.92. The lowest BCUT2D eigenvalue weighted by Crippen LogP contribution is -2.17. The largest absolute Gasteiger partial charge is 0.497 e. The van der Waals surface area contributed by atoms with Crippen LogP contribution in [0.4, 0.5) is 0 Å². The molecule has 0 bridgehead atoms. The second kappa shape index (κ2) is 9.14. The number of aryl methyl sites for hydroxylation is 1. The molecule has 1 aromatic heterocycles. The van der Waals surface area contributed by atoms with E-state index >= 15 is 0 Å². The van der Waals surface area contributed by atoms with E-state index in [0.717, 1.165) is 16.9 Å². The van der Waals surface area contributed by atoms with E-state index in [1.807, 2.05) is 30.3 Å². The smallest absolute Gasteiger partial charge is 0.271 e. The van der Waals surface area contributed by atoms with Crippen LogP contribution in [0, 0.1) is 11.3 Å². The molecule has 140 valence electrons. The molecule has 1 heterocycles. The third-order valence-electron chi connectivity index (χ3n) is 4.01. The predicted octanol–water partition coefficient (Wildman–Crippen LogP) is 3.24. The van der Waals surface area contributed by atoms with Crippen LogP contribution in [-0.4, -0.2) is 29.0 Å². The number of methoxy groups -OCH3 is 1. The summed E-state index contributed by atoms with van der Waals surface area (Å²) in [5.74, 6) is 0.456. The molecule has 1 amide bonds. The highest BCUT2D eigenvalue weighted by atomic mass is 16.5. The van der Waals surface area contributed by atoms with E-state index in [1.165, 1.54) is 0 Å². The second-order valence-corrected chi connectivity index (χ2v) is 5.90. The first kappa shape index (κ1) is 18.9. The van der Waals surface area contributed by atoms with Gasteiger partial charge in [0.1, 0.15) is 11.4 Å². The van der Waals surface area contributed by atoms with E-state index in [4.69, 9.17) is 10.00 Å². The zero-order chi connectivity index (χ0) is 19.8. The Bertz CT molecular complexity index is 1000. The Morgan fingerprint density at radius 1 is 1.25 bits per heavy atom. The fraction of sp³-hybridized carbons (Fsp3) is 0.143.